The molecular weight excluding hydrogens is 488 g/mol. The largest absolute Gasteiger partial charge is 0.380 e. The van der Waals surface area contributed by atoms with Crippen LogP contribution in [0.3, 0.4) is 0 Å². The maximum absolute atomic E-state index is 14.1. The molecule has 0 saturated carbocycles. The van der Waals surface area contributed by atoms with E-state index in [0.717, 1.165) is 17.7 Å². The molecule has 7 nitrogen and oxygen atoms in total. The van der Waals surface area contributed by atoms with Gasteiger partial charge in [-0.1, -0.05) is 29.8 Å². The highest BCUT2D eigenvalue weighted by atomic mass is 35.5. The van der Waals surface area contributed by atoms with E-state index in [4.69, 9.17) is 11.6 Å². The van der Waals surface area contributed by atoms with Crippen LogP contribution in [0.1, 0.15) is 15.9 Å². The van der Waals surface area contributed by atoms with Gasteiger partial charge in [0.1, 0.15) is 28.5 Å². The molecule has 0 aliphatic carbocycles. The number of para-hydroxylation sites is 1. The van der Waals surface area contributed by atoms with Crippen molar-refractivity contribution in [2.75, 3.05) is 10.6 Å². The summed E-state index contributed by atoms with van der Waals surface area (Å²) in [6.45, 7) is 0.418. The van der Waals surface area contributed by atoms with Gasteiger partial charge in [-0.3, -0.25) is 9.59 Å². The first-order chi connectivity index (χ1) is 17.4. The molecule has 0 radical (unpaired) electrons. The van der Waals surface area contributed by atoms with Gasteiger partial charge in [-0.2, -0.15) is 0 Å². The minimum Gasteiger partial charge on any atom is -0.380 e. The Hall–Kier alpha value is -4.50. The van der Waals surface area contributed by atoms with Gasteiger partial charge in [0.25, 0.3) is 11.5 Å². The van der Waals surface area contributed by atoms with Crippen LogP contribution in [0.15, 0.2) is 77.7 Å². The number of H-pyrrole nitrogens is 2. The maximum Gasteiger partial charge on any atom is 0.261 e. The predicted octanol–water partition coefficient (Wildman–Crippen LogP) is 5.71. The molecular formula is C26H18ClF2N5O2. The summed E-state index contributed by atoms with van der Waals surface area (Å²) in [6.07, 6.45) is 1.53. The Morgan fingerprint density at radius 2 is 1.83 bits per heavy atom. The fourth-order valence-electron chi connectivity index (χ4n) is 3.82. The lowest BCUT2D eigenvalue weighted by atomic mass is 10.2. The van der Waals surface area contributed by atoms with Crippen LogP contribution in [0.25, 0.3) is 22.4 Å². The van der Waals surface area contributed by atoms with Crippen molar-refractivity contribution in [1.82, 2.24) is 15.0 Å². The number of nitrogens with zero attached hydrogens (tertiary/aromatic N) is 1. The molecule has 0 unspecified atom stereocenters. The van der Waals surface area contributed by atoms with E-state index in [1.807, 2.05) is 18.2 Å². The van der Waals surface area contributed by atoms with Crippen molar-refractivity contribution < 1.29 is 13.6 Å². The summed E-state index contributed by atoms with van der Waals surface area (Å²) in [4.78, 5) is 35.7. The number of hydrogen-bond donors (Lipinski definition) is 4. The van der Waals surface area contributed by atoms with E-state index in [9.17, 15) is 18.4 Å². The highest BCUT2D eigenvalue weighted by Crippen LogP contribution is 2.28. The van der Waals surface area contributed by atoms with E-state index in [0.29, 0.717) is 40.0 Å². The number of carbonyl (C=O) groups is 1. The standard InChI is InChI=1S/C26H18ClF2N5O2/c27-15-4-1-3-14(11-15)13-31-19-9-10-30-26(36)22(19)24-32-20-5-2-6-21(23(20)34-24)33-25(35)17-8-7-16(28)12-18(17)29/h1-12H,13H2,(H,32,34)(H,33,35)(H2,30,31,36). The number of fused-ring (bicyclic) bond motifs is 1. The van der Waals surface area contributed by atoms with Crippen molar-refractivity contribution in [2.45, 2.75) is 6.54 Å². The Labute approximate surface area is 208 Å². The molecule has 0 saturated heterocycles. The van der Waals surface area contributed by atoms with Crippen LogP contribution in [0, 0.1) is 11.6 Å². The number of hydrogen-bond acceptors (Lipinski definition) is 4. The van der Waals surface area contributed by atoms with Gasteiger partial charge in [-0.15, -0.1) is 0 Å². The monoisotopic (exact) mass is 505 g/mol. The molecule has 180 valence electrons. The first-order valence-corrected chi connectivity index (χ1v) is 11.2. The normalized spacial score (nSPS) is 11.0. The number of imidazole rings is 1. The number of anilines is 2. The minimum atomic E-state index is -0.978. The SMILES string of the molecule is O=C(Nc1cccc2[nH]c(-c3c(NCc4cccc(Cl)c4)cc[nH]c3=O)nc12)c1ccc(F)cc1F. The fraction of sp³-hybridized carbons (Fsp3) is 0.0385. The third kappa shape index (κ3) is 4.69. The van der Waals surface area contributed by atoms with Gasteiger partial charge < -0.3 is 20.6 Å². The molecule has 36 heavy (non-hydrogen) atoms. The number of amides is 1. The number of pyridine rings is 1. The lowest BCUT2D eigenvalue weighted by Crippen LogP contribution is -2.14. The number of aromatic amines is 2. The number of aromatic nitrogens is 3. The Bertz CT molecular complexity index is 1660. The lowest BCUT2D eigenvalue weighted by molar-refractivity contribution is 0.102. The molecule has 0 aliphatic heterocycles. The summed E-state index contributed by atoms with van der Waals surface area (Å²) in [5.74, 6) is -2.24. The van der Waals surface area contributed by atoms with Crippen LogP contribution >= 0.6 is 11.6 Å². The Kier molecular flexibility index (Phi) is 6.22. The fourth-order valence-corrected chi connectivity index (χ4v) is 4.03. The molecule has 0 aliphatic rings. The van der Waals surface area contributed by atoms with Crippen molar-refractivity contribution >= 4 is 39.9 Å². The number of nitrogens with one attached hydrogen (secondary N) is 4. The molecule has 1 amide bonds. The van der Waals surface area contributed by atoms with Crippen molar-refractivity contribution in [3.63, 3.8) is 0 Å². The van der Waals surface area contributed by atoms with Gasteiger partial charge in [-0.05, 0) is 48.0 Å². The zero-order chi connectivity index (χ0) is 25.2. The van der Waals surface area contributed by atoms with E-state index in [1.54, 1.807) is 30.3 Å². The molecule has 0 bridgehead atoms. The van der Waals surface area contributed by atoms with E-state index in [1.165, 1.54) is 6.20 Å². The van der Waals surface area contributed by atoms with Crippen LogP contribution in [0.5, 0.6) is 0 Å². The average Bonchev–Trinajstić information content (AvgIpc) is 3.27. The third-order valence-electron chi connectivity index (χ3n) is 5.51. The lowest BCUT2D eigenvalue weighted by Gasteiger charge is -2.10. The van der Waals surface area contributed by atoms with Crippen LogP contribution < -0.4 is 16.2 Å². The molecule has 0 atom stereocenters. The quantitative estimate of drug-likeness (QED) is 0.237. The zero-order valence-electron chi connectivity index (χ0n) is 18.5. The minimum absolute atomic E-state index is 0.273. The van der Waals surface area contributed by atoms with Crippen LogP contribution in [0.2, 0.25) is 5.02 Å². The van der Waals surface area contributed by atoms with Crippen molar-refractivity contribution in [3.8, 4) is 11.4 Å². The van der Waals surface area contributed by atoms with Gasteiger partial charge in [0.15, 0.2) is 0 Å². The van der Waals surface area contributed by atoms with Gasteiger partial charge in [-0.25, -0.2) is 13.8 Å². The predicted molar refractivity (Wildman–Crippen MR) is 135 cm³/mol. The van der Waals surface area contributed by atoms with E-state index >= 15 is 0 Å². The summed E-state index contributed by atoms with van der Waals surface area (Å²) >= 11 is 6.06. The number of benzene rings is 3. The summed E-state index contributed by atoms with van der Waals surface area (Å²) < 4.78 is 27.3. The van der Waals surface area contributed by atoms with Gasteiger partial charge in [0, 0.05) is 23.8 Å². The second kappa shape index (κ2) is 9.63. The smallest absolute Gasteiger partial charge is 0.261 e. The second-order valence-electron chi connectivity index (χ2n) is 7.94. The summed E-state index contributed by atoms with van der Waals surface area (Å²) in [5, 5.41) is 6.45. The highest BCUT2D eigenvalue weighted by Gasteiger charge is 2.18. The molecule has 0 spiro atoms. The number of halogens is 3. The highest BCUT2D eigenvalue weighted by molar-refractivity contribution is 6.30. The molecule has 4 N–H and O–H groups in total. The number of carbonyl (C=O) groups excluding carboxylic acids is 1. The van der Waals surface area contributed by atoms with Crippen LogP contribution in [-0.2, 0) is 6.54 Å². The van der Waals surface area contributed by atoms with Gasteiger partial charge >= 0.3 is 0 Å². The molecule has 5 rings (SSSR count). The van der Waals surface area contributed by atoms with E-state index in [-0.39, 0.29) is 22.5 Å². The number of rotatable bonds is 6. The van der Waals surface area contributed by atoms with Crippen molar-refractivity contribution in [2.24, 2.45) is 0 Å². The van der Waals surface area contributed by atoms with Crippen LogP contribution in [0.4, 0.5) is 20.2 Å². The van der Waals surface area contributed by atoms with Crippen molar-refractivity contribution in [3.05, 3.63) is 111 Å². The van der Waals surface area contributed by atoms with Crippen LogP contribution in [-0.4, -0.2) is 20.9 Å². The molecule has 2 aromatic heterocycles. The summed E-state index contributed by atoms with van der Waals surface area (Å²) in [7, 11) is 0. The molecule has 0 fully saturated rings. The Morgan fingerprint density at radius 1 is 1.00 bits per heavy atom. The molecule has 5 aromatic rings. The maximum atomic E-state index is 14.1. The molecule has 10 heteroatoms. The topological polar surface area (TPSA) is 103 Å². The van der Waals surface area contributed by atoms with Gasteiger partial charge in [0.05, 0.1) is 22.5 Å². The molecule has 3 aromatic carbocycles. The molecule has 2 heterocycles. The summed E-state index contributed by atoms with van der Waals surface area (Å²) in [5.41, 5.74) is 2.27. The third-order valence-corrected chi connectivity index (χ3v) is 5.74. The van der Waals surface area contributed by atoms with E-state index in [2.05, 4.69) is 25.6 Å². The van der Waals surface area contributed by atoms with Gasteiger partial charge in [0.2, 0.25) is 0 Å². The second-order valence-corrected chi connectivity index (χ2v) is 8.38. The first-order valence-electron chi connectivity index (χ1n) is 10.8. The zero-order valence-corrected chi connectivity index (χ0v) is 19.3. The first kappa shape index (κ1) is 23.3. The average molecular weight is 506 g/mol. The Morgan fingerprint density at radius 3 is 2.64 bits per heavy atom. The Balaban J connectivity index is 1.48. The van der Waals surface area contributed by atoms with Crippen molar-refractivity contribution in [1.29, 1.82) is 0 Å². The summed E-state index contributed by atoms with van der Waals surface area (Å²) in [6, 6.07) is 16.8. The van der Waals surface area contributed by atoms with E-state index < -0.39 is 17.5 Å².